The summed E-state index contributed by atoms with van der Waals surface area (Å²) >= 11 is 1.30. The van der Waals surface area contributed by atoms with Crippen LogP contribution in [-0.2, 0) is 54.3 Å². The van der Waals surface area contributed by atoms with Gasteiger partial charge in [-0.15, -0.1) is 11.3 Å². The lowest BCUT2D eigenvalue weighted by Crippen LogP contribution is -2.61. The van der Waals surface area contributed by atoms with Crippen molar-refractivity contribution >= 4 is 46.4 Å². The molecule has 2 aromatic heterocycles. The van der Waals surface area contributed by atoms with Crippen LogP contribution in [0.3, 0.4) is 0 Å². The third kappa shape index (κ3) is 13.8. The highest BCUT2D eigenvalue weighted by atomic mass is 32.1. The first kappa shape index (κ1) is 57.6. The lowest BCUT2D eigenvalue weighted by Gasteiger charge is -2.47. The number of nitrogens with one attached hydrogen (secondary N) is 2. The van der Waals surface area contributed by atoms with E-state index in [0.717, 1.165) is 6.92 Å². The molecule has 21 heteroatoms. The van der Waals surface area contributed by atoms with E-state index in [9.17, 15) is 29.4 Å². The predicted molar refractivity (Wildman–Crippen MR) is 264 cm³/mol. The molecule has 5 heterocycles. The number of amides is 2. The zero-order chi connectivity index (χ0) is 52.7. The number of anilines is 1. The van der Waals surface area contributed by atoms with Crippen molar-refractivity contribution in [3.63, 3.8) is 0 Å². The molecular weight excluding hydrogens is 942 g/mol. The number of allylic oxidation sites excluding steroid dienone is 1. The molecule has 19 nitrogen and oxygen atoms in total. The summed E-state index contributed by atoms with van der Waals surface area (Å²) in [6.07, 6.45) is -6.16. The zero-order valence-electron chi connectivity index (χ0n) is 43.4. The number of carbonyl (C=O) groups excluding carboxylic acids is 4. The predicted octanol–water partition coefficient (Wildman–Crippen LogP) is 5.22. The summed E-state index contributed by atoms with van der Waals surface area (Å²) in [5, 5.41) is 36.8. The number of hydrogen-bond donors (Lipinski definition) is 5. The van der Waals surface area contributed by atoms with Crippen LogP contribution in [0.15, 0.2) is 40.0 Å². The number of aliphatic hydroxyl groups is 2. The number of rotatable bonds is 14. The standard InChI is InChI=1S/C50H76FN7O12S/c1-14-36-50(11,64)43-29(7)39(56-38(59)15-2)27(5)21-48(9,42(30(8)41(61)49(10,51)47(63)69-36)70-46-40(60)35(58(12)13)20-28(6)68-46)66-23-31(22-65-43)57-67-24-32-25-71-45(53-32)34-17-16-18-37(54-34)55-44(62)33(52)19-26(3)4/h16-18,25-28,30,33,35-36,40,42-43,46,60,64H,14-15,19-24,52H2,1-13H3,(H,56,59)(H,54,55,62)/t27-,28-,30+,33+,35+,36-,40-,42-,43-,46+,48-,49+,50-/m1/s1. The molecule has 396 valence electrons. The van der Waals surface area contributed by atoms with Gasteiger partial charge in [0.05, 0.1) is 42.8 Å². The number of esters is 1. The fourth-order valence-corrected chi connectivity index (χ4v) is 10.4. The Balaban J connectivity index is 1.59. The first-order valence-electron chi connectivity index (χ1n) is 24.5. The Morgan fingerprint density at radius 3 is 2.45 bits per heavy atom. The van der Waals surface area contributed by atoms with Crippen molar-refractivity contribution in [1.29, 1.82) is 0 Å². The summed E-state index contributed by atoms with van der Waals surface area (Å²) in [6.45, 7) is 17.1. The summed E-state index contributed by atoms with van der Waals surface area (Å²) in [5.74, 6) is -4.96. The minimum Gasteiger partial charge on any atom is -0.457 e. The molecule has 3 aliphatic rings. The number of oxime groups is 1. The molecule has 2 amide bonds. The van der Waals surface area contributed by atoms with Crippen molar-refractivity contribution < 1.29 is 62.3 Å². The van der Waals surface area contributed by atoms with Gasteiger partial charge in [0.15, 0.2) is 18.7 Å². The molecule has 0 aliphatic carbocycles. The average molecular weight is 1020 g/mol. The number of ether oxygens (including phenoxy) is 5. The number of halogens is 1. The van der Waals surface area contributed by atoms with E-state index in [1.807, 2.05) is 46.7 Å². The number of nitrogens with two attached hydrogens (primary N) is 1. The third-order valence-electron chi connectivity index (χ3n) is 13.5. The van der Waals surface area contributed by atoms with Gasteiger partial charge < -0.3 is 60.0 Å². The van der Waals surface area contributed by atoms with Crippen LogP contribution in [0.25, 0.3) is 10.7 Å². The minimum atomic E-state index is -3.25. The van der Waals surface area contributed by atoms with Crippen LogP contribution in [0.5, 0.6) is 0 Å². The smallest absolute Gasteiger partial charge is 0.351 e. The molecule has 0 spiro atoms. The van der Waals surface area contributed by atoms with Gasteiger partial charge in [0.25, 0.3) is 5.67 Å². The number of fused-ring (bicyclic) bond motifs is 4. The number of aromatic nitrogens is 2. The van der Waals surface area contributed by atoms with E-state index < -0.39 is 89.4 Å². The summed E-state index contributed by atoms with van der Waals surface area (Å²) in [5.41, 5.74) is 1.01. The molecule has 2 bridgehead atoms. The second kappa shape index (κ2) is 24.1. The molecule has 71 heavy (non-hydrogen) atoms. The van der Waals surface area contributed by atoms with Crippen LogP contribution in [0.1, 0.15) is 114 Å². The minimum absolute atomic E-state index is 0.0135. The van der Waals surface area contributed by atoms with E-state index >= 15 is 4.39 Å². The lowest BCUT2D eigenvalue weighted by atomic mass is 9.76. The van der Waals surface area contributed by atoms with Crippen molar-refractivity contribution in [2.45, 2.75) is 181 Å². The molecule has 1 saturated heterocycles. The van der Waals surface area contributed by atoms with Gasteiger partial charge in [-0.25, -0.2) is 19.2 Å². The Hall–Kier alpha value is -4.32. The number of nitrogens with zero attached hydrogens (tertiary/aromatic N) is 4. The van der Waals surface area contributed by atoms with Crippen molar-refractivity contribution in [2.24, 2.45) is 28.6 Å². The van der Waals surface area contributed by atoms with Gasteiger partial charge in [-0.1, -0.05) is 52.8 Å². The molecule has 0 saturated carbocycles. The number of aliphatic hydroxyl groups excluding tert-OH is 1. The fraction of sp³-hybridized carbons (Fsp3) is 0.700. The van der Waals surface area contributed by atoms with Gasteiger partial charge in [-0.05, 0) is 104 Å². The third-order valence-corrected chi connectivity index (χ3v) is 14.4. The number of pyridine rings is 1. The number of hydrogen-bond acceptors (Lipinski definition) is 18. The molecule has 2 aromatic rings. The highest BCUT2D eigenvalue weighted by molar-refractivity contribution is 7.13. The quantitative estimate of drug-likeness (QED) is 0.0924. The van der Waals surface area contributed by atoms with E-state index in [1.165, 1.54) is 25.2 Å². The van der Waals surface area contributed by atoms with E-state index in [-0.39, 0.29) is 62.5 Å². The van der Waals surface area contributed by atoms with Crippen molar-refractivity contribution in [3.8, 4) is 10.7 Å². The van der Waals surface area contributed by atoms with Gasteiger partial charge in [0.1, 0.15) is 46.1 Å². The van der Waals surface area contributed by atoms with Crippen LogP contribution >= 0.6 is 11.3 Å². The van der Waals surface area contributed by atoms with Gasteiger partial charge >= 0.3 is 5.97 Å². The first-order valence-corrected chi connectivity index (χ1v) is 25.4. The summed E-state index contributed by atoms with van der Waals surface area (Å²) in [6, 6.07) is 4.06. The number of alkyl halides is 1. The fourth-order valence-electron chi connectivity index (χ4n) is 9.63. The number of likely N-dealkylation sites (N-methyl/N-ethyl adjacent to an activating group) is 1. The summed E-state index contributed by atoms with van der Waals surface area (Å²) < 4.78 is 49.1. The topological polar surface area (TPSA) is 256 Å². The van der Waals surface area contributed by atoms with E-state index in [2.05, 4.69) is 20.8 Å². The van der Waals surface area contributed by atoms with Gasteiger partial charge in [0.2, 0.25) is 11.8 Å². The Kier molecular flexibility index (Phi) is 19.6. The van der Waals surface area contributed by atoms with Crippen LogP contribution in [0, 0.1) is 17.8 Å². The molecule has 13 atom stereocenters. The van der Waals surface area contributed by atoms with Gasteiger partial charge in [0, 0.05) is 29.5 Å². The molecule has 1 fully saturated rings. The second-order valence-electron chi connectivity index (χ2n) is 20.4. The lowest BCUT2D eigenvalue weighted by molar-refractivity contribution is -0.296. The summed E-state index contributed by atoms with van der Waals surface area (Å²) in [4.78, 5) is 71.6. The van der Waals surface area contributed by atoms with Crippen LogP contribution < -0.4 is 16.4 Å². The number of thiazole rings is 1. The Morgan fingerprint density at radius 2 is 1.80 bits per heavy atom. The Labute approximate surface area is 420 Å². The van der Waals surface area contributed by atoms with Crippen molar-refractivity contribution in [2.75, 3.05) is 32.6 Å². The maximum absolute atomic E-state index is 17.0. The van der Waals surface area contributed by atoms with E-state index in [4.69, 9.17) is 39.2 Å². The van der Waals surface area contributed by atoms with Crippen molar-refractivity contribution in [1.82, 2.24) is 20.2 Å². The molecule has 5 rings (SSSR count). The molecule has 0 unspecified atom stereocenters. The number of cyclic esters (lactones) is 1. The summed E-state index contributed by atoms with van der Waals surface area (Å²) in [7, 11) is 3.62. The number of ketones is 1. The van der Waals surface area contributed by atoms with Crippen molar-refractivity contribution in [3.05, 3.63) is 40.5 Å². The number of Topliss-reactive ketones (excluding diaryl/α,β-unsaturated/α-hetero) is 1. The molecular formula is C50H76FN7O12S. The van der Waals surface area contributed by atoms with Crippen LogP contribution in [0.2, 0.25) is 0 Å². The monoisotopic (exact) mass is 1020 g/mol. The highest BCUT2D eigenvalue weighted by Crippen LogP contribution is 2.41. The molecule has 3 aliphatic heterocycles. The molecule has 6 N–H and O–H groups in total. The zero-order valence-corrected chi connectivity index (χ0v) is 44.3. The second-order valence-corrected chi connectivity index (χ2v) is 21.3. The average Bonchev–Trinajstić information content (AvgIpc) is 3.78. The molecule has 0 aromatic carbocycles. The normalized spacial score (nSPS) is 33.5. The molecule has 0 radical (unpaired) electrons. The largest absolute Gasteiger partial charge is 0.457 e. The van der Waals surface area contributed by atoms with E-state index in [0.29, 0.717) is 46.3 Å². The highest BCUT2D eigenvalue weighted by Gasteiger charge is 2.56. The SMILES string of the molecule is CCC(=O)NC1=C(C)[C@H]2OCC(=NOCc3csc(-c4cccc(NC(=O)[C@@H](N)CC(C)C)n4)n3)CO[C@](C)(C[C@H]1C)[C@H](O[C@@H]1O[C@H](C)C[C@H](N(C)C)[C@H]1O)[C@@H](C)C(=O)[C@](C)(F)C(=O)O[C@H](CC)[C@@]2(C)O. The first-order chi connectivity index (χ1) is 33.2. The van der Waals surface area contributed by atoms with E-state index in [1.54, 1.807) is 51.3 Å². The maximum atomic E-state index is 17.0. The Bertz CT molecular complexity index is 2260. The van der Waals surface area contributed by atoms with Crippen LogP contribution in [-0.4, -0.2) is 147 Å². The van der Waals surface area contributed by atoms with Gasteiger partial charge in [-0.3, -0.25) is 14.4 Å². The van der Waals surface area contributed by atoms with Gasteiger partial charge in [-0.2, -0.15) is 0 Å². The maximum Gasteiger partial charge on any atom is 0.351 e. The number of carbonyl (C=O) groups is 4. The van der Waals surface area contributed by atoms with Crippen LogP contribution in [0.4, 0.5) is 10.2 Å². The Morgan fingerprint density at radius 1 is 1.10 bits per heavy atom.